The van der Waals surface area contributed by atoms with Gasteiger partial charge in [0.25, 0.3) is 0 Å². The van der Waals surface area contributed by atoms with Crippen LogP contribution >= 0.6 is 0 Å². The van der Waals surface area contributed by atoms with Crippen molar-refractivity contribution in [1.82, 2.24) is 4.57 Å². The van der Waals surface area contributed by atoms with E-state index in [1.54, 1.807) is 0 Å². The summed E-state index contributed by atoms with van der Waals surface area (Å²) < 4.78 is 4.32. The zero-order valence-corrected chi connectivity index (χ0v) is 10.9. The molecule has 0 unspecified atom stereocenters. The fourth-order valence-electron chi connectivity index (χ4n) is 1.32. The van der Waals surface area contributed by atoms with Crippen LogP contribution in [0.1, 0.15) is 26.7 Å². The first kappa shape index (κ1) is 12.9. The van der Waals surface area contributed by atoms with E-state index in [2.05, 4.69) is 48.8 Å². The quantitative estimate of drug-likeness (QED) is 0.485. The summed E-state index contributed by atoms with van der Waals surface area (Å²) in [5, 5.41) is 0. The molecule has 0 aliphatic heterocycles. The molecule has 0 bridgehead atoms. The highest BCUT2D eigenvalue weighted by Gasteiger charge is 2.00. The highest BCUT2D eigenvalue weighted by Crippen LogP contribution is 2.04. The summed E-state index contributed by atoms with van der Waals surface area (Å²) in [4.78, 5) is 0. The highest BCUT2D eigenvalue weighted by molar-refractivity contribution is 4.65. The van der Waals surface area contributed by atoms with Gasteiger partial charge in [-0.2, -0.15) is 0 Å². The van der Waals surface area contributed by atoms with Gasteiger partial charge in [0, 0.05) is 0 Å². The molecule has 0 saturated carbocycles. The Hall–Kier alpha value is -0.0600. The predicted molar refractivity (Wildman–Crippen MR) is 49.7 cm³/mol. The summed E-state index contributed by atoms with van der Waals surface area (Å²) >= 11 is 0. The Bertz CT molecular complexity index is 231. The van der Waals surface area contributed by atoms with Gasteiger partial charge in [0.05, 0.1) is 13.6 Å². The van der Waals surface area contributed by atoms with Gasteiger partial charge in [-0.3, -0.25) is 0 Å². The Morgan fingerprint density at radius 2 is 2.08 bits per heavy atom. The zero-order chi connectivity index (χ0) is 8.97. The van der Waals surface area contributed by atoms with E-state index in [1.807, 2.05) is 0 Å². The second-order valence-electron chi connectivity index (χ2n) is 3.85. The van der Waals surface area contributed by atoms with E-state index in [0.29, 0.717) is 0 Å². The molecule has 3 heteroatoms. The molecular weight excluding hydrogens is 275 g/mol. The maximum atomic E-state index is 2.27. The van der Waals surface area contributed by atoms with Gasteiger partial charge in [-0.15, -0.1) is 0 Å². The van der Waals surface area contributed by atoms with E-state index in [9.17, 15) is 0 Å². The van der Waals surface area contributed by atoms with Crippen molar-refractivity contribution >= 4 is 0 Å². The molecule has 76 valence electrons. The van der Waals surface area contributed by atoms with Gasteiger partial charge >= 0.3 is 0 Å². The van der Waals surface area contributed by atoms with Crippen LogP contribution in [0.4, 0.5) is 0 Å². The van der Waals surface area contributed by atoms with Crippen molar-refractivity contribution in [3.8, 4) is 0 Å². The molecule has 2 nitrogen and oxygen atoms in total. The molecule has 1 aromatic heterocycles. The zero-order valence-electron chi connectivity index (χ0n) is 8.70. The molecule has 0 aromatic carbocycles. The molecule has 0 fully saturated rings. The Labute approximate surface area is 98.0 Å². The van der Waals surface area contributed by atoms with Crippen LogP contribution in [-0.2, 0) is 13.6 Å². The standard InChI is InChI=1S/C10H19N2.HI/c1-10(2)5-4-6-12-8-7-11(3)9-12;/h7-10H,4-6H2,1-3H3;1H/q+1;/p-1. The second kappa shape index (κ2) is 6.40. The summed E-state index contributed by atoms with van der Waals surface area (Å²) in [5.41, 5.74) is 0. The van der Waals surface area contributed by atoms with E-state index in [0.717, 1.165) is 12.5 Å². The summed E-state index contributed by atoms with van der Waals surface area (Å²) in [6.07, 6.45) is 8.93. The lowest BCUT2D eigenvalue weighted by molar-refractivity contribution is -0.671. The smallest absolute Gasteiger partial charge is 0.243 e. The van der Waals surface area contributed by atoms with E-state index in [1.165, 1.54) is 12.8 Å². The number of aryl methyl sites for hydroxylation is 2. The molecule has 0 N–H and O–H groups in total. The van der Waals surface area contributed by atoms with Gasteiger partial charge in [-0.05, 0) is 18.8 Å². The van der Waals surface area contributed by atoms with Gasteiger partial charge in [-0.25, -0.2) is 9.13 Å². The fraction of sp³-hybridized carbons (Fsp3) is 0.700. The van der Waals surface area contributed by atoms with Gasteiger partial charge in [-0.1, -0.05) is 13.8 Å². The molecule has 0 aliphatic rings. The lowest BCUT2D eigenvalue weighted by Gasteiger charge is -2.01. The van der Waals surface area contributed by atoms with E-state index >= 15 is 0 Å². The second-order valence-corrected chi connectivity index (χ2v) is 3.85. The third kappa shape index (κ3) is 5.29. The van der Waals surface area contributed by atoms with Gasteiger partial charge in [0.1, 0.15) is 12.4 Å². The number of nitrogens with zero attached hydrogens (tertiary/aromatic N) is 2. The summed E-state index contributed by atoms with van der Waals surface area (Å²) in [6, 6.07) is 0. The largest absolute Gasteiger partial charge is 1.00 e. The maximum Gasteiger partial charge on any atom is 0.243 e. The topological polar surface area (TPSA) is 8.81 Å². The number of imidazole rings is 1. The highest BCUT2D eigenvalue weighted by atomic mass is 127. The van der Waals surface area contributed by atoms with E-state index < -0.39 is 0 Å². The maximum absolute atomic E-state index is 2.27. The summed E-state index contributed by atoms with van der Waals surface area (Å²) in [6.45, 7) is 5.70. The van der Waals surface area contributed by atoms with Crippen molar-refractivity contribution in [1.29, 1.82) is 0 Å². The molecule has 0 aliphatic carbocycles. The predicted octanol–water partition coefficient (Wildman–Crippen LogP) is -1.25. The molecule has 1 rings (SSSR count). The first-order valence-electron chi connectivity index (χ1n) is 4.69. The van der Waals surface area contributed by atoms with Crippen molar-refractivity contribution in [3.05, 3.63) is 18.7 Å². The fourth-order valence-corrected chi connectivity index (χ4v) is 1.32. The normalized spacial score (nSPS) is 10.2. The third-order valence-electron chi connectivity index (χ3n) is 2.02. The Balaban J connectivity index is 0.00000144. The molecule has 0 amide bonds. The minimum Gasteiger partial charge on any atom is -1.00 e. The first-order valence-corrected chi connectivity index (χ1v) is 4.69. The average molecular weight is 294 g/mol. The van der Waals surface area contributed by atoms with Crippen LogP contribution in [0, 0.1) is 5.92 Å². The van der Waals surface area contributed by atoms with Crippen molar-refractivity contribution in [2.24, 2.45) is 13.0 Å². The van der Waals surface area contributed by atoms with Crippen molar-refractivity contribution in [2.75, 3.05) is 0 Å². The van der Waals surface area contributed by atoms with Crippen LogP contribution in [0.25, 0.3) is 0 Å². The number of halogens is 1. The molecule has 1 heterocycles. The molecule has 13 heavy (non-hydrogen) atoms. The molecular formula is C10H19IN2. The number of hydrogen-bond acceptors (Lipinski definition) is 0. The average Bonchev–Trinajstić information content (AvgIpc) is 2.35. The molecule has 0 atom stereocenters. The van der Waals surface area contributed by atoms with Crippen molar-refractivity contribution in [3.63, 3.8) is 0 Å². The number of hydrogen-bond donors (Lipinski definition) is 0. The van der Waals surface area contributed by atoms with Gasteiger partial charge in [0.2, 0.25) is 6.33 Å². The first-order chi connectivity index (χ1) is 5.68. The molecule has 0 radical (unpaired) electrons. The van der Waals surface area contributed by atoms with Crippen LogP contribution < -0.4 is 28.5 Å². The van der Waals surface area contributed by atoms with Crippen molar-refractivity contribution in [2.45, 2.75) is 33.2 Å². The Morgan fingerprint density at radius 3 is 2.54 bits per heavy atom. The van der Waals surface area contributed by atoms with Crippen LogP contribution in [0.2, 0.25) is 0 Å². The molecule has 0 spiro atoms. The molecule has 1 aromatic rings. The number of rotatable bonds is 4. The Kier molecular flexibility index (Phi) is 6.37. The van der Waals surface area contributed by atoms with Gasteiger partial charge in [0.15, 0.2) is 0 Å². The molecule has 0 saturated heterocycles. The minimum absolute atomic E-state index is 0. The minimum atomic E-state index is 0. The van der Waals surface area contributed by atoms with Gasteiger partial charge < -0.3 is 24.0 Å². The Morgan fingerprint density at radius 1 is 1.38 bits per heavy atom. The van der Waals surface area contributed by atoms with Crippen LogP contribution in [-0.4, -0.2) is 4.57 Å². The van der Waals surface area contributed by atoms with Crippen LogP contribution in [0.15, 0.2) is 18.7 Å². The SMILES string of the molecule is CC(C)CCCn1cc[n+](C)c1.[I-]. The van der Waals surface area contributed by atoms with Crippen molar-refractivity contribution < 1.29 is 28.5 Å². The lowest BCUT2D eigenvalue weighted by atomic mass is 10.1. The summed E-state index contributed by atoms with van der Waals surface area (Å²) in [7, 11) is 2.05. The number of aromatic nitrogens is 2. The third-order valence-corrected chi connectivity index (χ3v) is 2.02. The summed E-state index contributed by atoms with van der Waals surface area (Å²) in [5.74, 6) is 0.828. The lowest BCUT2D eigenvalue weighted by Crippen LogP contribution is -3.00. The van der Waals surface area contributed by atoms with Crippen LogP contribution in [0.3, 0.4) is 0 Å². The van der Waals surface area contributed by atoms with E-state index in [-0.39, 0.29) is 24.0 Å². The monoisotopic (exact) mass is 294 g/mol. The van der Waals surface area contributed by atoms with E-state index in [4.69, 9.17) is 0 Å². The van der Waals surface area contributed by atoms with Crippen LogP contribution in [0.5, 0.6) is 0 Å².